The summed E-state index contributed by atoms with van der Waals surface area (Å²) < 4.78 is 7.06. The van der Waals surface area contributed by atoms with Crippen molar-refractivity contribution >= 4 is 36.0 Å². The van der Waals surface area contributed by atoms with Crippen LogP contribution in [0.25, 0.3) is 0 Å². The number of aromatic nitrogens is 3. The normalized spacial score (nSPS) is 11.3. The highest BCUT2D eigenvalue weighted by Crippen LogP contribution is 2.06. The van der Waals surface area contributed by atoms with E-state index in [1.165, 1.54) is 0 Å². The molecule has 0 radical (unpaired) electrons. The number of nitrogens with one attached hydrogen (secondary N) is 3. The molecule has 0 aliphatic heterocycles. The number of carbonyl (C=O) groups excluding carboxylic acids is 1. The molecule has 3 N–H and O–H groups in total. The van der Waals surface area contributed by atoms with Crippen molar-refractivity contribution in [3.8, 4) is 0 Å². The smallest absolute Gasteiger partial charge is 0.407 e. The number of hydrogen-bond donors (Lipinski definition) is 3. The Hall–Kier alpha value is -1.85. The molecule has 1 aromatic heterocycles. The summed E-state index contributed by atoms with van der Waals surface area (Å²) in [6.07, 6.45) is 1.30. The maximum atomic E-state index is 11.6. The van der Waals surface area contributed by atoms with Crippen molar-refractivity contribution in [3.63, 3.8) is 0 Å². The molecule has 148 valence electrons. The molecule has 1 amide bonds. The summed E-state index contributed by atoms with van der Waals surface area (Å²) in [6, 6.07) is 0. The monoisotopic (exact) mass is 479 g/mol. The number of guanidine groups is 1. The van der Waals surface area contributed by atoms with Crippen LogP contribution in [-0.4, -0.2) is 52.1 Å². The maximum Gasteiger partial charge on any atom is 0.407 e. The first-order valence-corrected chi connectivity index (χ1v) is 8.17. The third-order valence-corrected chi connectivity index (χ3v) is 3.06. The van der Waals surface area contributed by atoms with Crippen LogP contribution >= 0.6 is 24.0 Å². The fourth-order valence-electron chi connectivity index (χ4n) is 1.74. The van der Waals surface area contributed by atoms with Gasteiger partial charge < -0.3 is 25.3 Å². The molecule has 26 heavy (non-hydrogen) atoms. The number of rotatable bonds is 7. The van der Waals surface area contributed by atoms with Gasteiger partial charge in [-0.05, 0) is 27.7 Å². The number of nitrogens with zero attached hydrogens (tertiary/aromatic N) is 4. The summed E-state index contributed by atoms with van der Waals surface area (Å²) in [5.41, 5.74) is -0.510. The summed E-state index contributed by atoms with van der Waals surface area (Å²) in [7, 11) is 1.90. The fourth-order valence-corrected chi connectivity index (χ4v) is 1.74. The lowest BCUT2D eigenvalue weighted by Gasteiger charge is -2.19. The number of aliphatic imine (C=N–C) groups is 1. The number of amides is 1. The maximum absolute atomic E-state index is 11.6. The molecule has 1 heterocycles. The van der Waals surface area contributed by atoms with Crippen LogP contribution in [0.5, 0.6) is 0 Å². The third-order valence-electron chi connectivity index (χ3n) is 3.06. The molecule has 1 rings (SSSR count). The van der Waals surface area contributed by atoms with E-state index in [1.807, 2.05) is 39.3 Å². The van der Waals surface area contributed by atoms with Gasteiger partial charge in [-0.1, -0.05) is 6.08 Å². The Morgan fingerprint density at radius 3 is 2.46 bits per heavy atom. The van der Waals surface area contributed by atoms with Gasteiger partial charge in [0, 0.05) is 26.7 Å². The molecule has 9 nitrogen and oxygen atoms in total. The second kappa shape index (κ2) is 11.7. The number of aryl methyl sites for hydroxylation is 1. The Kier molecular flexibility index (Phi) is 10.9. The average molecular weight is 479 g/mol. The molecule has 1 aromatic rings. The summed E-state index contributed by atoms with van der Waals surface area (Å²) >= 11 is 0. The topological polar surface area (TPSA) is 105 Å². The van der Waals surface area contributed by atoms with Gasteiger partial charge in [-0.15, -0.1) is 40.8 Å². The van der Waals surface area contributed by atoms with Crippen LogP contribution in [0.3, 0.4) is 0 Å². The van der Waals surface area contributed by atoms with Gasteiger partial charge >= 0.3 is 6.09 Å². The minimum atomic E-state index is -0.510. The fraction of sp³-hybridized carbons (Fsp3) is 0.625. The van der Waals surface area contributed by atoms with E-state index in [0.717, 1.165) is 11.6 Å². The first kappa shape index (κ1) is 24.1. The van der Waals surface area contributed by atoms with E-state index in [9.17, 15) is 4.79 Å². The van der Waals surface area contributed by atoms with Crippen LogP contribution in [0, 0.1) is 6.92 Å². The van der Waals surface area contributed by atoms with Crippen molar-refractivity contribution in [1.29, 1.82) is 0 Å². The van der Waals surface area contributed by atoms with Gasteiger partial charge in [-0.3, -0.25) is 0 Å². The largest absolute Gasteiger partial charge is 0.444 e. The molecule has 0 saturated carbocycles. The zero-order valence-electron chi connectivity index (χ0n) is 16.1. The zero-order valence-corrected chi connectivity index (χ0v) is 18.5. The van der Waals surface area contributed by atoms with Gasteiger partial charge in [0.15, 0.2) is 11.8 Å². The number of ether oxygens (including phenoxy) is 1. The van der Waals surface area contributed by atoms with Crippen molar-refractivity contribution in [2.24, 2.45) is 12.0 Å². The van der Waals surface area contributed by atoms with Gasteiger partial charge in [-0.2, -0.15) is 0 Å². The van der Waals surface area contributed by atoms with Crippen molar-refractivity contribution in [3.05, 3.63) is 24.3 Å². The van der Waals surface area contributed by atoms with E-state index in [1.54, 1.807) is 6.08 Å². The SMILES string of the molecule is C=CCNC(=NCc1nnc(C)n1C)NCCNC(=O)OC(C)(C)C.I. The predicted molar refractivity (Wildman–Crippen MR) is 113 cm³/mol. The van der Waals surface area contributed by atoms with Gasteiger partial charge in [0.25, 0.3) is 0 Å². The minimum Gasteiger partial charge on any atom is -0.444 e. The first-order chi connectivity index (χ1) is 11.7. The molecule has 0 spiro atoms. The first-order valence-electron chi connectivity index (χ1n) is 8.17. The molecule has 0 atom stereocenters. The lowest BCUT2D eigenvalue weighted by atomic mass is 10.2. The van der Waals surface area contributed by atoms with Crippen LogP contribution in [0.4, 0.5) is 4.79 Å². The van der Waals surface area contributed by atoms with Crippen LogP contribution < -0.4 is 16.0 Å². The second-order valence-electron chi connectivity index (χ2n) is 6.41. The Morgan fingerprint density at radius 2 is 1.92 bits per heavy atom. The Morgan fingerprint density at radius 1 is 1.27 bits per heavy atom. The van der Waals surface area contributed by atoms with Crippen molar-refractivity contribution < 1.29 is 9.53 Å². The third kappa shape index (κ3) is 9.59. The predicted octanol–water partition coefficient (Wildman–Crippen LogP) is 1.49. The highest BCUT2D eigenvalue weighted by molar-refractivity contribution is 14.0. The standard InChI is InChI=1S/C16H29N7O2.HI/c1-7-8-17-14(20-11-13-22-21-12(2)23(13)6)18-9-10-19-15(24)25-16(3,4)5;/h7H,1,8-11H2,2-6H3,(H,19,24)(H2,17,18,20);1H. The van der Waals surface area contributed by atoms with Gasteiger partial charge in [-0.25, -0.2) is 9.79 Å². The van der Waals surface area contributed by atoms with Gasteiger partial charge in [0.05, 0.1) is 0 Å². The van der Waals surface area contributed by atoms with E-state index in [4.69, 9.17) is 4.74 Å². The quantitative estimate of drug-likeness (QED) is 0.180. The molecule has 0 bridgehead atoms. The molecule has 0 aliphatic rings. The van der Waals surface area contributed by atoms with Crippen LogP contribution in [0.1, 0.15) is 32.4 Å². The van der Waals surface area contributed by atoms with Crippen LogP contribution in [0.2, 0.25) is 0 Å². The highest BCUT2D eigenvalue weighted by Gasteiger charge is 2.15. The number of alkyl carbamates (subject to hydrolysis) is 1. The van der Waals surface area contributed by atoms with E-state index in [0.29, 0.717) is 32.1 Å². The summed E-state index contributed by atoms with van der Waals surface area (Å²) in [5.74, 6) is 2.20. The lowest BCUT2D eigenvalue weighted by Crippen LogP contribution is -2.42. The Balaban J connectivity index is 0.00000625. The van der Waals surface area contributed by atoms with Crippen LogP contribution in [-0.2, 0) is 18.3 Å². The Bertz CT molecular complexity index is 608. The number of carbonyl (C=O) groups is 1. The van der Waals surface area contributed by atoms with E-state index in [2.05, 4.69) is 37.7 Å². The van der Waals surface area contributed by atoms with Gasteiger partial charge in [0.1, 0.15) is 18.0 Å². The Labute approximate surface area is 172 Å². The zero-order chi connectivity index (χ0) is 18.9. The van der Waals surface area contributed by atoms with E-state index in [-0.39, 0.29) is 24.0 Å². The summed E-state index contributed by atoms with van der Waals surface area (Å²) in [6.45, 7) is 12.9. The second-order valence-corrected chi connectivity index (χ2v) is 6.41. The molecular weight excluding hydrogens is 449 g/mol. The molecule has 0 saturated heterocycles. The number of halogens is 1. The average Bonchev–Trinajstić information content (AvgIpc) is 2.83. The molecule has 0 unspecified atom stereocenters. The summed E-state index contributed by atoms with van der Waals surface area (Å²) in [5, 5.41) is 17.0. The van der Waals surface area contributed by atoms with Crippen molar-refractivity contribution in [1.82, 2.24) is 30.7 Å². The number of hydrogen-bond acceptors (Lipinski definition) is 5. The summed E-state index contributed by atoms with van der Waals surface area (Å²) in [4.78, 5) is 16.0. The molecule has 0 fully saturated rings. The van der Waals surface area contributed by atoms with Crippen molar-refractivity contribution in [2.75, 3.05) is 19.6 Å². The van der Waals surface area contributed by atoms with E-state index >= 15 is 0 Å². The molecular formula is C16H30IN7O2. The van der Waals surface area contributed by atoms with Crippen molar-refractivity contribution in [2.45, 2.75) is 39.8 Å². The molecule has 0 aromatic carbocycles. The van der Waals surface area contributed by atoms with Crippen LogP contribution in [0.15, 0.2) is 17.6 Å². The lowest BCUT2D eigenvalue weighted by molar-refractivity contribution is 0.0529. The molecule has 0 aliphatic carbocycles. The minimum absolute atomic E-state index is 0. The van der Waals surface area contributed by atoms with E-state index < -0.39 is 11.7 Å². The highest BCUT2D eigenvalue weighted by atomic mass is 127. The van der Waals surface area contributed by atoms with Gasteiger partial charge in [0.2, 0.25) is 0 Å². The molecule has 10 heteroatoms.